The van der Waals surface area contributed by atoms with Gasteiger partial charge in [0.2, 0.25) is 5.91 Å². The molecule has 0 bridgehead atoms. The maximum atomic E-state index is 12.8. The summed E-state index contributed by atoms with van der Waals surface area (Å²) in [5, 5.41) is 3.96. The minimum absolute atomic E-state index is 0.112. The van der Waals surface area contributed by atoms with E-state index in [0.717, 1.165) is 24.0 Å². The monoisotopic (exact) mass is 375 g/mol. The van der Waals surface area contributed by atoms with Crippen LogP contribution in [0.4, 0.5) is 0 Å². The minimum atomic E-state index is -0.426. The van der Waals surface area contributed by atoms with Crippen molar-refractivity contribution in [2.45, 2.75) is 12.8 Å². The summed E-state index contributed by atoms with van der Waals surface area (Å²) < 4.78 is 5.35. The zero-order valence-electron chi connectivity index (χ0n) is 15.4. The van der Waals surface area contributed by atoms with Crippen LogP contribution >= 0.6 is 0 Å². The second-order valence-electron chi connectivity index (χ2n) is 7.12. The predicted octanol–water partition coefficient (Wildman–Crippen LogP) is 3.15. The van der Waals surface area contributed by atoms with Crippen molar-refractivity contribution < 1.29 is 14.1 Å². The summed E-state index contributed by atoms with van der Waals surface area (Å²) in [5.41, 5.74) is 8.15. The highest BCUT2D eigenvalue weighted by molar-refractivity contribution is 5.93. The van der Waals surface area contributed by atoms with Gasteiger partial charge < -0.3 is 15.2 Å². The summed E-state index contributed by atoms with van der Waals surface area (Å²) in [7, 11) is 0. The molecule has 0 radical (unpaired) electrons. The van der Waals surface area contributed by atoms with E-state index in [1.54, 1.807) is 12.1 Å². The average Bonchev–Trinajstić information content (AvgIpc) is 3.38. The van der Waals surface area contributed by atoms with Gasteiger partial charge >= 0.3 is 0 Å². The summed E-state index contributed by atoms with van der Waals surface area (Å²) in [6.45, 7) is 1.35. The SMILES string of the molecule is NC(=O)c1cccc(CC2CCN(C(=O)c3cc(-c4ccccc4)on3)C2)c1. The van der Waals surface area contributed by atoms with Crippen LogP contribution in [0.2, 0.25) is 0 Å². The molecule has 1 unspecified atom stereocenters. The molecule has 3 aromatic rings. The number of rotatable bonds is 5. The largest absolute Gasteiger partial charge is 0.366 e. The lowest BCUT2D eigenvalue weighted by Crippen LogP contribution is -2.29. The van der Waals surface area contributed by atoms with Crippen LogP contribution in [0.1, 0.15) is 32.8 Å². The summed E-state index contributed by atoms with van der Waals surface area (Å²) in [5.74, 6) is 0.389. The number of carbonyl (C=O) groups is 2. The molecule has 1 aliphatic rings. The molecule has 28 heavy (non-hydrogen) atoms. The number of nitrogens with two attached hydrogens (primary N) is 1. The highest BCUT2D eigenvalue weighted by Crippen LogP contribution is 2.25. The Labute approximate surface area is 162 Å². The van der Waals surface area contributed by atoms with Gasteiger partial charge in [-0.15, -0.1) is 0 Å². The number of carbonyl (C=O) groups excluding carboxylic acids is 2. The van der Waals surface area contributed by atoms with Crippen LogP contribution in [-0.2, 0) is 6.42 Å². The number of benzene rings is 2. The highest BCUT2D eigenvalue weighted by Gasteiger charge is 2.29. The van der Waals surface area contributed by atoms with Crippen molar-refractivity contribution in [1.29, 1.82) is 0 Å². The van der Waals surface area contributed by atoms with E-state index in [0.29, 0.717) is 36.0 Å². The molecule has 1 fully saturated rings. The van der Waals surface area contributed by atoms with Crippen molar-refractivity contribution in [2.24, 2.45) is 11.7 Å². The molecule has 0 saturated carbocycles. The Bertz CT molecular complexity index is 997. The maximum Gasteiger partial charge on any atom is 0.276 e. The number of amides is 2. The fraction of sp³-hybridized carbons (Fsp3) is 0.227. The van der Waals surface area contributed by atoms with Gasteiger partial charge in [-0.25, -0.2) is 0 Å². The highest BCUT2D eigenvalue weighted by atomic mass is 16.5. The van der Waals surface area contributed by atoms with Crippen molar-refractivity contribution in [3.8, 4) is 11.3 Å². The van der Waals surface area contributed by atoms with Crippen LogP contribution in [0.3, 0.4) is 0 Å². The third kappa shape index (κ3) is 3.81. The molecule has 2 N–H and O–H groups in total. The van der Waals surface area contributed by atoms with Crippen LogP contribution < -0.4 is 5.73 Å². The molecular weight excluding hydrogens is 354 g/mol. The first-order valence-corrected chi connectivity index (χ1v) is 9.30. The van der Waals surface area contributed by atoms with Crippen LogP contribution in [0.15, 0.2) is 65.2 Å². The van der Waals surface area contributed by atoms with Crippen molar-refractivity contribution in [2.75, 3.05) is 13.1 Å². The van der Waals surface area contributed by atoms with E-state index in [4.69, 9.17) is 10.3 Å². The molecule has 0 spiro atoms. The number of aromatic nitrogens is 1. The van der Waals surface area contributed by atoms with Gasteiger partial charge in [-0.05, 0) is 36.5 Å². The van der Waals surface area contributed by atoms with E-state index < -0.39 is 5.91 Å². The first-order valence-electron chi connectivity index (χ1n) is 9.30. The molecule has 6 nitrogen and oxygen atoms in total. The third-order valence-corrected chi connectivity index (χ3v) is 5.10. The Balaban J connectivity index is 1.40. The van der Waals surface area contributed by atoms with Crippen molar-refractivity contribution in [3.05, 3.63) is 77.5 Å². The van der Waals surface area contributed by atoms with Gasteiger partial charge in [0.1, 0.15) is 0 Å². The second-order valence-corrected chi connectivity index (χ2v) is 7.12. The summed E-state index contributed by atoms with van der Waals surface area (Å²) in [6.07, 6.45) is 1.72. The lowest BCUT2D eigenvalue weighted by atomic mass is 9.97. The van der Waals surface area contributed by atoms with E-state index >= 15 is 0 Å². The smallest absolute Gasteiger partial charge is 0.276 e. The van der Waals surface area contributed by atoms with Crippen LogP contribution in [-0.4, -0.2) is 35.0 Å². The molecule has 1 aromatic heterocycles. The number of nitrogens with zero attached hydrogens (tertiary/aromatic N) is 2. The standard InChI is InChI=1S/C22H21N3O3/c23-21(26)18-8-4-5-15(12-18)11-16-9-10-25(14-16)22(27)19-13-20(28-24-19)17-6-2-1-3-7-17/h1-8,12-13,16H,9-11,14H2,(H2,23,26). The van der Waals surface area contributed by atoms with Gasteiger partial charge in [0.15, 0.2) is 11.5 Å². The third-order valence-electron chi connectivity index (χ3n) is 5.10. The topological polar surface area (TPSA) is 89.4 Å². The van der Waals surface area contributed by atoms with Crippen molar-refractivity contribution in [1.82, 2.24) is 10.1 Å². The van der Waals surface area contributed by atoms with Crippen LogP contribution in [0.25, 0.3) is 11.3 Å². The van der Waals surface area contributed by atoms with Gasteiger partial charge in [-0.1, -0.05) is 47.6 Å². The number of primary amides is 1. The summed E-state index contributed by atoms with van der Waals surface area (Å²) in [4.78, 5) is 25.9. The first kappa shape index (κ1) is 18.0. The Morgan fingerprint density at radius 3 is 2.71 bits per heavy atom. The zero-order chi connectivity index (χ0) is 19.5. The van der Waals surface area contributed by atoms with E-state index in [1.807, 2.05) is 53.4 Å². The quantitative estimate of drug-likeness (QED) is 0.742. The van der Waals surface area contributed by atoms with Crippen molar-refractivity contribution >= 4 is 11.8 Å². The van der Waals surface area contributed by atoms with Gasteiger partial charge in [0, 0.05) is 30.3 Å². The lowest BCUT2D eigenvalue weighted by Gasteiger charge is -2.15. The summed E-state index contributed by atoms with van der Waals surface area (Å²) >= 11 is 0. The Kier molecular flexibility index (Phi) is 4.93. The first-order chi connectivity index (χ1) is 13.6. The Morgan fingerprint density at radius 2 is 1.93 bits per heavy atom. The molecule has 2 amide bonds. The van der Waals surface area contributed by atoms with E-state index in [-0.39, 0.29) is 5.91 Å². The molecule has 1 saturated heterocycles. The molecule has 142 valence electrons. The van der Waals surface area contributed by atoms with Crippen molar-refractivity contribution in [3.63, 3.8) is 0 Å². The van der Waals surface area contributed by atoms with Gasteiger partial charge in [0.05, 0.1) is 0 Å². The fourth-order valence-electron chi connectivity index (χ4n) is 3.65. The number of likely N-dealkylation sites (tertiary alicyclic amines) is 1. The molecule has 1 aliphatic heterocycles. The van der Waals surface area contributed by atoms with Gasteiger partial charge in [-0.3, -0.25) is 9.59 Å². The molecule has 4 rings (SSSR count). The Hall–Kier alpha value is -3.41. The fourth-order valence-corrected chi connectivity index (χ4v) is 3.65. The predicted molar refractivity (Wildman–Crippen MR) is 105 cm³/mol. The van der Waals surface area contributed by atoms with Gasteiger partial charge in [-0.2, -0.15) is 0 Å². The zero-order valence-corrected chi connectivity index (χ0v) is 15.4. The molecule has 2 heterocycles. The van der Waals surface area contributed by atoms with E-state index in [2.05, 4.69) is 5.16 Å². The molecule has 2 aromatic carbocycles. The van der Waals surface area contributed by atoms with Gasteiger partial charge in [0.25, 0.3) is 5.91 Å². The average molecular weight is 375 g/mol. The van der Waals surface area contributed by atoms with Crippen LogP contribution in [0, 0.1) is 5.92 Å². The minimum Gasteiger partial charge on any atom is -0.366 e. The Morgan fingerprint density at radius 1 is 1.11 bits per heavy atom. The second kappa shape index (κ2) is 7.68. The molecular formula is C22H21N3O3. The molecule has 1 atom stereocenters. The lowest BCUT2D eigenvalue weighted by molar-refractivity contribution is 0.0776. The summed E-state index contributed by atoms with van der Waals surface area (Å²) in [6, 6.07) is 18.7. The van der Waals surface area contributed by atoms with E-state index in [1.165, 1.54) is 0 Å². The molecule has 6 heteroatoms. The molecule has 0 aliphatic carbocycles. The maximum absolute atomic E-state index is 12.8. The van der Waals surface area contributed by atoms with E-state index in [9.17, 15) is 9.59 Å². The number of hydrogen-bond acceptors (Lipinski definition) is 4. The number of hydrogen-bond donors (Lipinski definition) is 1. The normalized spacial score (nSPS) is 16.3. The van der Waals surface area contributed by atoms with Crippen LogP contribution in [0.5, 0.6) is 0 Å².